The number of ether oxygens (including phenoxy) is 1. The van der Waals surface area contributed by atoms with Crippen molar-refractivity contribution in [2.75, 3.05) is 13.1 Å². The van der Waals surface area contributed by atoms with E-state index in [9.17, 15) is 13.6 Å². The summed E-state index contributed by atoms with van der Waals surface area (Å²) in [6.45, 7) is 6.73. The SMILES string of the molecule is CC(C)(C)OC(=O)N[C@H]1CC(F)(F)CC12CCNCC2. The lowest BCUT2D eigenvalue weighted by molar-refractivity contribution is -0.00757. The van der Waals surface area contributed by atoms with E-state index in [4.69, 9.17) is 4.74 Å². The van der Waals surface area contributed by atoms with Crippen molar-refractivity contribution in [3.63, 3.8) is 0 Å². The van der Waals surface area contributed by atoms with E-state index in [0.717, 1.165) is 13.1 Å². The number of nitrogens with one attached hydrogen (secondary N) is 2. The van der Waals surface area contributed by atoms with Crippen molar-refractivity contribution in [2.24, 2.45) is 5.41 Å². The van der Waals surface area contributed by atoms with E-state index in [-0.39, 0.29) is 12.8 Å². The Labute approximate surface area is 118 Å². The van der Waals surface area contributed by atoms with Crippen LogP contribution < -0.4 is 10.6 Å². The molecular formula is C14H24F2N2O2. The highest BCUT2D eigenvalue weighted by atomic mass is 19.3. The predicted octanol–water partition coefficient (Wildman–Crippen LogP) is 2.68. The van der Waals surface area contributed by atoms with Gasteiger partial charge in [0.25, 0.3) is 5.92 Å². The fourth-order valence-corrected chi connectivity index (χ4v) is 3.33. The summed E-state index contributed by atoms with van der Waals surface area (Å²) in [5.41, 5.74) is -1.11. The lowest BCUT2D eigenvalue weighted by atomic mass is 9.74. The average molecular weight is 290 g/mol. The number of hydrogen-bond donors (Lipinski definition) is 2. The van der Waals surface area contributed by atoms with Gasteiger partial charge in [-0.3, -0.25) is 0 Å². The van der Waals surface area contributed by atoms with Crippen molar-refractivity contribution in [1.29, 1.82) is 0 Å². The zero-order valence-corrected chi connectivity index (χ0v) is 12.4. The van der Waals surface area contributed by atoms with Crippen molar-refractivity contribution in [3.05, 3.63) is 0 Å². The van der Waals surface area contributed by atoms with Crippen molar-refractivity contribution >= 4 is 6.09 Å². The number of piperidine rings is 1. The van der Waals surface area contributed by atoms with E-state index >= 15 is 0 Å². The second-order valence-corrected chi connectivity index (χ2v) is 7.05. The van der Waals surface area contributed by atoms with Crippen molar-refractivity contribution in [3.8, 4) is 0 Å². The number of hydrogen-bond acceptors (Lipinski definition) is 3. The molecule has 1 aliphatic carbocycles. The third-order valence-corrected chi connectivity index (χ3v) is 4.14. The van der Waals surface area contributed by atoms with Crippen LogP contribution in [0.5, 0.6) is 0 Å². The van der Waals surface area contributed by atoms with Gasteiger partial charge in [0.15, 0.2) is 0 Å². The first-order valence-corrected chi connectivity index (χ1v) is 7.20. The normalized spacial score (nSPS) is 28.4. The smallest absolute Gasteiger partial charge is 0.407 e. The van der Waals surface area contributed by atoms with Gasteiger partial charge < -0.3 is 15.4 Å². The molecule has 1 saturated carbocycles. The highest BCUT2D eigenvalue weighted by molar-refractivity contribution is 5.68. The third-order valence-electron chi connectivity index (χ3n) is 4.14. The molecular weight excluding hydrogens is 266 g/mol. The van der Waals surface area contributed by atoms with Crippen LogP contribution in [-0.2, 0) is 4.74 Å². The molecule has 0 bridgehead atoms. The van der Waals surface area contributed by atoms with E-state index in [1.54, 1.807) is 20.8 Å². The van der Waals surface area contributed by atoms with E-state index in [1.807, 2.05) is 0 Å². The molecule has 0 aromatic heterocycles. The minimum atomic E-state index is -2.70. The Bertz CT molecular complexity index is 374. The number of amides is 1. The molecule has 0 unspecified atom stereocenters. The Hall–Kier alpha value is -0.910. The van der Waals surface area contributed by atoms with Crippen LogP contribution in [0.3, 0.4) is 0 Å². The van der Waals surface area contributed by atoms with Crippen molar-refractivity contribution in [2.45, 2.75) is 64.0 Å². The number of carbonyl (C=O) groups is 1. The molecule has 116 valence electrons. The molecule has 1 saturated heterocycles. The Morgan fingerprint density at radius 2 is 1.90 bits per heavy atom. The average Bonchev–Trinajstić information content (AvgIpc) is 2.47. The summed E-state index contributed by atoms with van der Waals surface area (Å²) in [4.78, 5) is 11.9. The summed E-state index contributed by atoms with van der Waals surface area (Å²) in [5.74, 6) is -2.70. The summed E-state index contributed by atoms with van der Waals surface area (Å²) >= 11 is 0. The molecule has 20 heavy (non-hydrogen) atoms. The maximum atomic E-state index is 13.8. The van der Waals surface area contributed by atoms with Gasteiger partial charge in [-0.2, -0.15) is 0 Å². The Morgan fingerprint density at radius 1 is 1.30 bits per heavy atom. The lowest BCUT2D eigenvalue weighted by Gasteiger charge is -2.39. The van der Waals surface area contributed by atoms with Crippen LogP contribution in [0.15, 0.2) is 0 Å². The molecule has 1 aliphatic heterocycles. The lowest BCUT2D eigenvalue weighted by Crippen LogP contribution is -2.50. The van der Waals surface area contributed by atoms with Crippen molar-refractivity contribution < 1.29 is 18.3 Å². The topological polar surface area (TPSA) is 50.4 Å². The van der Waals surface area contributed by atoms with Gasteiger partial charge >= 0.3 is 6.09 Å². The second kappa shape index (κ2) is 5.13. The van der Waals surface area contributed by atoms with E-state index in [0.29, 0.717) is 12.8 Å². The highest BCUT2D eigenvalue weighted by Gasteiger charge is 2.56. The molecule has 1 atom stereocenters. The molecule has 2 rings (SSSR count). The number of halogens is 2. The van der Waals surface area contributed by atoms with Crippen LogP contribution in [0.2, 0.25) is 0 Å². The molecule has 0 radical (unpaired) electrons. The van der Waals surface area contributed by atoms with Gasteiger partial charge in [-0.05, 0) is 52.1 Å². The number of alkyl carbamates (subject to hydrolysis) is 1. The molecule has 1 heterocycles. The molecule has 4 nitrogen and oxygen atoms in total. The van der Waals surface area contributed by atoms with Crippen LogP contribution in [0, 0.1) is 5.41 Å². The minimum absolute atomic E-state index is 0.137. The van der Waals surface area contributed by atoms with Gasteiger partial charge in [0.1, 0.15) is 5.60 Å². The van der Waals surface area contributed by atoms with Gasteiger partial charge in [0.2, 0.25) is 0 Å². The largest absolute Gasteiger partial charge is 0.444 e. The number of alkyl halides is 2. The molecule has 2 aliphatic rings. The summed E-state index contributed by atoms with van der Waals surface area (Å²) in [7, 11) is 0. The first kappa shape index (κ1) is 15.5. The summed E-state index contributed by atoms with van der Waals surface area (Å²) in [6.07, 6.45) is 0.318. The molecule has 2 N–H and O–H groups in total. The molecule has 6 heteroatoms. The van der Waals surface area contributed by atoms with E-state index in [1.165, 1.54) is 0 Å². The van der Waals surface area contributed by atoms with Gasteiger partial charge in [-0.1, -0.05) is 0 Å². The van der Waals surface area contributed by atoms with Gasteiger partial charge in [-0.25, -0.2) is 13.6 Å². The monoisotopic (exact) mass is 290 g/mol. The molecule has 2 fully saturated rings. The second-order valence-electron chi connectivity index (χ2n) is 7.05. The maximum Gasteiger partial charge on any atom is 0.407 e. The van der Waals surface area contributed by atoms with Crippen molar-refractivity contribution in [1.82, 2.24) is 10.6 Å². The van der Waals surface area contributed by atoms with E-state index < -0.39 is 29.1 Å². The van der Waals surface area contributed by atoms with Crippen LogP contribution in [0.1, 0.15) is 46.5 Å². The van der Waals surface area contributed by atoms with Crippen LogP contribution in [-0.4, -0.2) is 36.7 Å². The minimum Gasteiger partial charge on any atom is -0.444 e. The standard InChI is InChI=1S/C14H24F2N2O2/c1-12(2,3)20-11(19)18-10-8-14(15,16)9-13(10)4-6-17-7-5-13/h10,17H,4-9H2,1-3H3,(H,18,19)/t10-/m0/s1. The number of carbonyl (C=O) groups excluding carboxylic acids is 1. The van der Waals surface area contributed by atoms with Crippen LogP contribution in [0.25, 0.3) is 0 Å². The van der Waals surface area contributed by atoms with Gasteiger partial charge in [-0.15, -0.1) is 0 Å². The Balaban J connectivity index is 2.06. The number of rotatable bonds is 1. The molecule has 0 aromatic carbocycles. The quantitative estimate of drug-likeness (QED) is 0.780. The fourth-order valence-electron chi connectivity index (χ4n) is 3.33. The highest BCUT2D eigenvalue weighted by Crippen LogP contribution is 2.52. The van der Waals surface area contributed by atoms with Crippen LogP contribution >= 0.6 is 0 Å². The Kier molecular flexibility index (Phi) is 3.97. The van der Waals surface area contributed by atoms with Gasteiger partial charge in [0, 0.05) is 18.9 Å². The zero-order chi connectivity index (χ0) is 15.0. The van der Waals surface area contributed by atoms with Crippen LogP contribution in [0.4, 0.5) is 13.6 Å². The molecule has 0 aromatic rings. The van der Waals surface area contributed by atoms with Gasteiger partial charge in [0.05, 0.1) is 0 Å². The predicted molar refractivity (Wildman–Crippen MR) is 71.9 cm³/mol. The first-order valence-electron chi connectivity index (χ1n) is 7.20. The molecule has 1 amide bonds. The Morgan fingerprint density at radius 3 is 2.45 bits per heavy atom. The maximum absolute atomic E-state index is 13.8. The zero-order valence-electron chi connectivity index (χ0n) is 12.4. The fraction of sp³-hybridized carbons (Fsp3) is 0.929. The van der Waals surface area contributed by atoms with E-state index in [2.05, 4.69) is 10.6 Å². The summed E-state index contributed by atoms with van der Waals surface area (Å²) < 4.78 is 32.8. The summed E-state index contributed by atoms with van der Waals surface area (Å²) in [5, 5.41) is 5.87. The molecule has 1 spiro atoms. The summed E-state index contributed by atoms with van der Waals surface area (Å²) in [6, 6.07) is -0.505. The first-order chi connectivity index (χ1) is 9.12. The third kappa shape index (κ3) is 3.59.